The van der Waals surface area contributed by atoms with Crippen LogP contribution < -0.4 is 5.32 Å². The maximum Gasteiger partial charge on any atom is 0.0819 e. The number of aromatic nitrogens is 2. The third-order valence-electron chi connectivity index (χ3n) is 3.10. The summed E-state index contributed by atoms with van der Waals surface area (Å²) in [4.78, 5) is 0. The van der Waals surface area contributed by atoms with Crippen LogP contribution in [0.25, 0.3) is 5.69 Å². The molecule has 0 saturated heterocycles. The van der Waals surface area contributed by atoms with Gasteiger partial charge in [0.05, 0.1) is 16.4 Å². The van der Waals surface area contributed by atoms with Gasteiger partial charge in [0.25, 0.3) is 0 Å². The van der Waals surface area contributed by atoms with Gasteiger partial charge in [-0.25, -0.2) is 4.68 Å². The molecule has 102 valence electrons. The van der Waals surface area contributed by atoms with Gasteiger partial charge in [0.15, 0.2) is 0 Å². The van der Waals surface area contributed by atoms with Crippen molar-refractivity contribution in [3.8, 4) is 5.69 Å². The molecule has 0 radical (unpaired) electrons. The number of rotatable bonds is 5. The molecule has 0 saturated carbocycles. The molecule has 0 fully saturated rings. The second-order valence-corrected chi connectivity index (χ2v) is 5.21. The SMILES string of the molecule is CCCNCc1ccc(-n2cc(Cl)c(C)n2)c(C)c1. The van der Waals surface area contributed by atoms with E-state index in [1.54, 1.807) is 0 Å². The Kier molecular flexibility index (Phi) is 4.61. The van der Waals surface area contributed by atoms with E-state index in [0.717, 1.165) is 30.9 Å². The third kappa shape index (κ3) is 3.37. The quantitative estimate of drug-likeness (QED) is 0.846. The van der Waals surface area contributed by atoms with Crippen molar-refractivity contribution in [2.75, 3.05) is 6.54 Å². The van der Waals surface area contributed by atoms with Crippen LogP contribution in [-0.4, -0.2) is 16.3 Å². The maximum absolute atomic E-state index is 6.05. The van der Waals surface area contributed by atoms with Gasteiger partial charge >= 0.3 is 0 Å². The summed E-state index contributed by atoms with van der Waals surface area (Å²) in [6.07, 6.45) is 3.01. The lowest BCUT2D eigenvalue weighted by Gasteiger charge is -2.09. The van der Waals surface area contributed by atoms with Crippen molar-refractivity contribution in [1.29, 1.82) is 0 Å². The molecule has 3 nitrogen and oxygen atoms in total. The number of aryl methyl sites for hydroxylation is 2. The minimum Gasteiger partial charge on any atom is -0.313 e. The Bertz CT molecular complexity index is 541. The summed E-state index contributed by atoms with van der Waals surface area (Å²) in [5, 5.41) is 8.52. The van der Waals surface area contributed by atoms with Crippen molar-refractivity contribution in [3.63, 3.8) is 0 Å². The number of nitrogens with zero attached hydrogens (tertiary/aromatic N) is 2. The lowest BCUT2D eigenvalue weighted by Crippen LogP contribution is -2.14. The average Bonchev–Trinajstić information content (AvgIpc) is 2.70. The second-order valence-electron chi connectivity index (χ2n) is 4.80. The molecule has 0 bridgehead atoms. The predicted molar refractivity (Wildman–Crippen MR) is 80.0 cm³/mol. The first-order valence-corrected chi connectivity index (χ1v) is 7.02. The molecule has 1 aromatic heterocycles. The number of nitrogens with one attached hydrogen (secondary N) is 1. The van der Waals surface area contributed by atoms with Gasteiger partial charge in [-0.3, -0.25) is 0 Å². The Hall–Kier alpha value is -1.32. The largest absolute Gasteiger partial charge is 0.313 e. The summed E-state index contributed by atoms with van der Waals surface area (Å²) >= 11 is 6.05. The van der Waals surface area contributed by atoms with Crippen LogP contribution in [0.2, 0.25) is 5.02 Å². The van der Waals surface area contributed by atoms with Crippen LogP contribution in [0.5, 0.6) is 0 Å². The first-order valence-electron chi connectivity index (χ1n) is 6.64. The molecule has 0 atom stereocenters. The summed E-state index contributed by atoms with van der Waals surface area (Å²) in [5.74, 6) is 0. The maximum atomic E-state index is 6.05. The van der Waals surface area contributed by atoms with E-state index in [4.69, 9.17) is 11.6 Å². The highest BCUT2D eigenvalue weighted by Gasteiger charge is 2.07. The standard InChI is InChI=1S/C15H20ClN3/c1-4-7-17-9-13-5-6-15(11(2)8-13)19-10-14(16)12(3)18-19/h5-6,8,10,17H,4,7,9H2,1-3H3. The van der Waals surface area contributed by atoms with Crippen LogP contribution in [0.15, 0.2) is 24.4 Å². The Morgan fingerprint density at radius 3 is 2.68 bits per heavy atom. The minimum absolute atomic E-state index is 0.702. The Labute approximate surface area is 119 Å². The fraction of sp³-hybridized carbons (Fsp3) is 0.400. The lowest BCUT2D eigenvalue weighted by atomic mass is 10.1. The molecule has 1 heterocycles. The lowest BCUT2D eigenvalue weighted by molar-refractivity contribution is 0.675. The zero-order valence-corrected chi connectivity index (χ0v) is 12.5. The van der Waals surface area contributed by atoms with E-state index in [1.165, 1.54) is 11.1 Å². The first kappa shape index (κ1) is 14.1. The summed E-state index contributed by atoms with van der Waals surface area (Å²) < 4.78 is 1.84. The van der Waals surface area contributed by atoms with Gasteiger partial charge in [0.1, 0.15) is 0 Å². The molecule has 0 aliphatic heterocycles. The smallest absolute Gasteiger partial charge is 0.0819 e. The monoisotopic (exact) mass is 277 g/mol. The third-order valence-corrected chi connectivity index (χ3v) is 3.47. The van der Waals surface area contributed by atoms with Gasteiger partial charge in [-0.15, -0.1) is 0 Å². The molecule has 4 heteroatoms. The Morgan fingerprint density at radius 2 is 2.11 bits per heavy atom. The molecule has 0 unspecified atom stereocenters. The summed E-state index contributed by atoms with van der Waals surface area (Å²) in [7, 11) is 0. The molecule has 1 N–H and O–H groups in total. The summed E-state index contributed by atoms with van der Waals surface area (Å²) in [6.45, 7) is 8.15. The number of benzene rings is 1. The molecule has 2 rings (SSSR count). The highest BCUT2D eigenvalue weighted by molar-refractivity contribution is 6.31. The van der Waals surface area contributed by atoms with Crippen LogP contribution in [0.4, 0.5) is 0 Å². The van der Waals surface area contributed by atoms with Crippen molar-refractivity contribution in [2.45, 2.75) is 33.7 Å². The molecule has 0 spiro atoms. The van der Waals surface area contributed by atoms with Crippen LogP contribution in [0.1, 0.15) is 30.2 Å². The van der Waals surface area contributed by atoms with E-state index in [0.29, 0.717) is 5.02 Å². The van der Waals surface area contributed by atoms with Crippen LogP contribution in [0, 0.1) is 13.8 Å². The van der Waals surface area contributed by atoms with E-state index in [1.807, 2.05) is 17.8 Å². The molecule has 1 aromatic carbocycles. The highest BCUT2D eigenvalue weighted by Crippen LogP contribution is 2.19. The Balaban J connectivity index is 2.19. The van der Waals surface area contributed by atoms with Gasteiger partial charge in [-0.1, -0.05) is 30.7 Å². The predicted octanol–water partition coefficient (Wildman–Crippen LogP) is 3.64. The first-order chi connectivity index (χ1) is 9.11. The van der Waals surface area contributed by atoms with E-state index in [2.05, 4.69) is 42.5 Å². The Morgan fingerprint density at radius 1 is 1.32 bits per heavy atom. The summed E-state index contributed by atoms with van der Waals surface area (Å²) in [6, 6.07) is 6.43. The molecule has 0 amide bonds. The molecule has 2 aromatic rings. The van der Waals surface area contributed by atoms with Crippen molar-refractivity contribution in [1.82, 2.24) is 15.1 Å². The van der Waals surface area contributed by atoms with Gasteiger partial charge in [-0.05, 0) is 44.0 Å². The van der Waals surface area contributed by atoms with Crippen LogP contribution in [0.3, 0.4) is 0 Å². The molecule has 0 aliphatic rings. The molecular formula is C15H20ClN3. The van der Waals surface area contributed by atoms with Crippen molar-refractivity contribution >= 4 is 11.6 Å². The van der Waals surface area contributed by atoms with Crippen molar-refractivity contribution < 1.29 is 0 Å². The van der Waals surface area contributed by atoms with Crippen LogP contribution >= 0.6 is 11.6 Å². The van der Waals surface area contributed by atoms with E-state index in [-0.39, 0.29) is 0 Å². The number of hydrogen-bond donors (Lipinski definition) is 1. The van der Waals surface area contributed by atoms with Crippen molar-refractivity contribution in [2.24, 2.45) is 0 Å². The van der Waals surface area contributed by atoms with Crippen molar-refractivity contribution in [3.05, 3.63) is 46.2 Å². The van der Waals surface area contributed by atoms with Gasteiger partial charge < -0.3 is 5.32 Å². The number of hydrogen-bond acceptors (Lipinski definition) is 2. The van der Waals surface area contributed by atoms with Gasteiger partial charge in [-0.2, -0.15) is 5.10 Å². The molecule has 0 aliphatic carbocycles. The van der Waals surface area contributed by atoms with E-state index < -0.39 is 0 Å². The van der Waals surface area contributed by atoms with Gasteiger partial charge in [0, 0.05) is 12.7 Å². The molecule has 19 heavy (non-hydrogen) atoms. The fourth-order valence-electron chi connectivity index (χ4n) is 2.06. The zero-order chi connectivity index (χ0) is 13.8. The minimum atomic E-state index is 0.702. The zero-order valence-electron chi connectivity index (χ0n) is 11.7. The average molecular weight is 278 g/mol. The number of halogens is 1. The fourth-order valence-corrected chi connectivity index (χ4v) is 2.19. The van der Waals surface area contributed by atoms with E-state index >= 15 is 0 Å². The van der Waals surface area contributed by atoms with Crippen LogP contribution in [-0.2, 0) is 6.54 Å². The summed E-state index contributed by atoms with van der Waals surface area (Å²) in [5.41, 5.74) is 4.43. The second kappa shape index (κ2) is 6.22. The van der Waals surface area contributed by atoms with Gasteiger partial charge in [0.2, 0.25) is 0 Å². The van der Waals surface area contributed by atoms with E-state index in [9.17, 15) is 0 Å². The topological polar surface area (TPSA) is 29.9 Å². The highest BCUT2D eigenvalue weighted by atomic mass is 35.5. The normalized spacial score (nSPS) is 10.9. The molecular weight excluding hydrogens is 258 g/mol.